The Bertz CT molecular complexity index is 1220. The van der Waals surface area contributed by atoms with Crippen molar-refractivity contribution in [3.05, 3.63) is 48.0 Å². The first kappa shape index (κ1) is 35.3. The molecule has 1 aliphatic heterocycles. The lowest BCUT2D eigenvalue weighted by molar-refractivity contribution is -0.137. The molecular formula is C29H38N6O9. The molecule has 0 bridgehead atoms. The Morgan fingerprint density at radius 3 is 2.05 bits per heavy atom. The Morgan fingerprint density at radius 1 is 0.750 bits per heavy atom. The summed E-state index contributed by atoms with van der Waals surface area (Å²) >= 11 is 0. The highest BCUT2D eigenvalue weighted by molar-refractivity contribution is 6.12. The average Bonchev–Trinajstić information content (AvgIpc) is 3.32. The van der Waals surface area contributed by atoms with Crippen LogP contribution >= 0.6 is 0 Å². The van der Waals surface area contributed by atoms with E-state index in [1.165, 1.54) is 19.1 Å². The van der Waals surface area contributed by atoms with Gasteiger partial charge in [0.15, 0.2) is 5.78 Å². The van der Waals surface area contributed by atoms with Crippen LogP contribution in [0, 0.1) is 0 Å². The van der Waals surface area contributed by atoms with Crippen LogP contribution in [-0.2, 0) is 49.5 Å². The minimum absolute atomic E-state index is 0.118. The van der Waals surface area contributed by atoms with E-state index in [-0.39, 0.29) is 62.8 Å². The average molecular weight is 615 g/mol. The van der Waals surface area contributed by atoms with Crippen molar-refractivity contribution in [1.82, 2.24) is 31.5 Å². The van der Waals surface area contributed by atoms with Gasteiger partial charge in [-0.25, -0.2) is 0 Å². The fourth-order valence-electron chi connectivity index (χ4n) is 3.88. The maximum absolute atomic E-state index is 12.8. The number of carbonyl (C=O) groups excluding carboxylic acids is 8. The van der Waals surface area contributed by atoms with Gasteiger partial charge in [0.05, 0.1) is 19.6 Å². The van der Waals surface area contributed by atoms with Gasteiger partial charge in [0.25, 0.3) is 11.8 Å². The van der Waals surface area contributed by atoms with E-state index in [4.69, 9.17) is 4.74 Å². The van der Waals surface area contributed by atoms with E-state index in [2.05, 4.69) is 26.6 Å². The SMILES string of the molecule is CC(=O)COCNC(=O)CNC(=O)[C@H](Cc1ccccc1)NC(=O)CNC(=O)CNC(=O)CCCCCN1C(=O)C=CC1=O. The van der Waals surface area contributed by atoms with Crippen LogP contribution in [0.2, 0.25) is 0 Å². The van der Waals surface area contributed by atoms with Crippen LogP contribution in [0.4, 0.5) is 0 Å². The van der Waals surface area contributed by atoms with E-state index in [0.29, 0.717) is 19.3 Å². The molecular weight excluding hydrogens is 576 g/mol. The summed E-state index contributed by atoms with van der Waals surface area (Å²) in [4.78, 5) is 96.5. The number of nitrogens with zero attached hydrogens (tertiary/aromatic N) is 1. The summed E-state index contributed by atoms with van der Waals surface area (Å²) in [6.45, 7) is 0.0470. The summed E-state index contributed by atoms with van der Waals surface area (Å²) in [5.41, 5.74) is 0.747. The van der Waals surface area contributed by atoms with Crippen molar-refractivity contribution in [2.45, 2.75) is 45.1 Å². The van der Waals surface area contributed by atoms with Crippen LogP contribution in [0.15, 0.2) is 42.5 Å². The highest BCUT2D eigenvalue weighted by Gasteiger charge is 2.23. The van der Waals surface area contributed by atoms with Gasteiger partial charge in [0, 0.05) is 31.5 Å². The zero-order chi connectivity index (χ0) is 32.3. The van der Waals surface area contributed by atoms with Gasteiger partial charge >= 0.3 is 0 Å². The Labute approximate surface area is 254 Å². The number of benzene rings is 1. The molecule has 2 rings (SSSR count). The highest BCUT2D eigenvalue weighted by atomic mass is 16.5. The van der Waals surface area contributed by atoms with Crippen molar-refractivity contribution in [3.8, 4) is 0 Å². The zero-order valence-electron chi connectivity index (χ0n) is 24.5. The first-order chi connectivity index (χ1) is 21.0. The van der Waals surface area contributed by atoms with Gasteiger partial charge in [0.1, 0.15) is 19.4 Å². The van der Waals surface area contributed by atoms with E-state index in [0.717, 1.165) is 10.5 Å². The fraction of sp³-hybridized carbons (Fsp3) is 0.448. The first-order valence-corrected chi connectivity index (χ1v) is 14.1. The Morgan fingerprint density at radius 2 is 1.36 bits per heavy atom. The molecule has 5 N–H and O–H groups in total. The lowest BCUT2D eigenvalue weighted by Gasteiger charge is -2.19. The highest BCUT2D eigenvalue weighted by Crippen LogP contribution is 2.08. The van der Waals surface area contributed by atoms with E-state index < -0.39 is 42.8 Å². The Hall–Kier alpha value is -4.92. The van der Waals surface area contributed by atoms with Gasteiger partial charge in [-0.3, -0.25) is 43.3 Å². The molecule has 0 aromatic heterocycles. The number of Topliss-reactive ketones (excluding diaryl/α,β-unsaturated/α-hetero) is 1. The summed E-state index contributed by atoms with van der Waals surface area (Å²) in [5, 5.41) is 12.2. The fourth-order valence-corrected chi connectivity index (χ4v) is 3.88. The number of carbonyl (C=O) groups is 8. The Balaban J connectivity index is 1.69. The van der Waals surface area contributed by atoms with Gasteiger partial charge in [-0.2, -0.15) is 0 Å². The largest absolute Gasteiger partial charge is 0.354 e. The van der Waals surface area contributed by atoms with Gasteiger partial charge in [-0.05, 0) is 25.3 Å². The minimum Gasteiger partial charge on any atom is -0.354 e. The lowest BCUT2D eigenvalue weighted by atomic mass is 10.1. The van der Waals surface area contributed by atoms with Gasteiger partial charge in [-0.15, -0.1) is 0 Å². The minimum atomic E-state index is -1.05. The molecule has 0 radical (unpaired) electrons. The first-order valence-electron chi connectivity index (χ1n) is 14.1. The van der Waals surface area contributed by atoms with Crippen LogP contribution in [0.5, 0.6) is 0 Å². The molecule has 0 spiro atoms. The molecule has 1 heterocycles. The summed E-state index contributed by atoms with van der Waals surface area (Å²) in [6, 6.07) is 7.81. The van der Waals surface area contributed by atoms with E-state index >= 15 is 0 Å². The lowest BCUT2D eigenvalue weighted by Crippen LogP contribution is -2.52. The molecule has 1 aromatic carbocycles. The van der Waals surface area contributed by atoms with Crippen molar-refractivity contribution in [2.75, 3.05) is 39.5 Å². The van der Waals surface area contributed by atoms with Crippen molar-refractivity contribution < 1.29 is 43.1 Å². The predicted molar refractivity (Wildman–Crippen MR) is 155 cm³/mol. The van der Waals surface area contributed by atoms with Crippen molar-refractivity contribution >= 4 is 47.1 Å². The number of hydrogen-bond donors (Lipinski definition) is 5. The molecule has 0 fully saturated rings. The Kier molecular flexibility index (Phi) is 15.5. The monoisotopic (exact) mass is 614 g/mol. The van der Waals surface area contributed by atoms with Gasteiger partial charge < -0.3 is 31.3 Å². The van der Waals surface area contributed by atoms with Crippen molar-refractivity contribution in [2.24, 2.45) is 0 Å². The number of ether oxygens (including phenoxy) is 1. The number of rotatable bonds is 20. The second kappa shape index (κ2) is 19.3. The molecule has 238 valence electrons. The molecule has 1 atom stereocenters. The number of amides is 7. The molecule has 0 saturated heterocycles. The zero-order valence-corrected chi connectivity index (χ0v) is 24.5. The van der Waals surface area contributed by atoms with E-state index in [1.54, 1.807) is 30.3 Å². The number of nitrogens with one attached hydrogen (secondary N) is 5. The molecule has 1 aliphatic rings. The third-order valence-electron chi connectivity index (χ3n) is 6.11. The molecule has 0 unspecified atom stereocenters. The number of hydrogen-bond acceptors (Lipinski definition) is 9. The van der Waals surface area contributed by atoms with Crippen LogP contribution in [0.1, 0.15) is 38.2 Å². The molecule has 15 heteroatoms. The summed E-state index contributed by atoms with van der Waals surface area (Å²) < 4.78 is 4.95. The second-order valence-electron chi connectivity index (χ2n) is 9.85. The van der Waals surface area contributed by atoms with Crippen LogP contribution in [-0.4, -0.2) is 97.6 Å². The quantitative estimate of drug-likeness (QED) is 0.0638. The smallest absolute Gasteiger partial charge is 0.253 e. The maximum Gasteiger partial charge on any atom is 0.253 e. The second-order valence-corrected chi connectivity index (χ2v) is 9.85. The van der Waals surface area contributed by atoms with Crippen molar-refractivity contribution in [1.29, 1.82) is 0 Å². The summed E-state index contributed by atoms with van der Waals surface area (Å²) in [5.74, 6) is -3.73. The standard InChI is InChI=1S/C29H38N6O9/c1-20(36)18-44-19-33-25(39)16-32-29(43)22(14-21-8-4-2-5-9-21)34-26(40)17-31-24(38)15-30-23(37)10-6-3-7-13-35-27(41)11-12-28(35)42/h2,4-5,8-9,11-12,22H,3,6-7,10,13-19H2,1H3,(H,30,37)(H,31,38)(H,32,43)(H,33,39)(H,34,40)/t22-/m0/s1. The van der Waals surface area contributed by atoms with Gasteiger partial charge in [0.2, 0.25) is 29.5 Å². The summed E-state index contributed by atoms with van der Waals surface area (Å²) in [7, 11) is 0. The molecule has 15 nitrogen and oxygen atoms in total. The van der Waals surface area contributed by atoms with Crippen LogP contribution in [0.25, 0.3) is 0 Å². The third kappa shape index (κ3) is 14.3. The number of imide groups is 1. The van der Waals surface area contributed by atoms with Gasteiger partial charge in [-0.1, -0.05) is 36.8 Å². The molecule has 7 amide bonds. The van der Waals surface area contributed by atoms with E-state index in [1.807, 2.05) is 0 Å². The summed E-state index contributed by atoms with van der Waals surface area (Å²) in [6.07, 6.45) is 4.35. The molecule has 0 saturated carbocycles. The molecule has 1 aromatic rings. The van der Waals surface area contributed by atoms with Crippen molar-refractivity contribution in [3.63, 3.8) is 0 Å². The van der Waals surface area contributed by atoms with Crippen LogP contribution in [0.3, 0.4) is 0 Å². The topological polar surface area (TPSA) is 209 Å². The number of ketones is 1. The molecule has 44 heavy (non-hydrogen) atoms. The predicted octanol–water partition coefficient (Wildman–Crippen LogP) is -1.77. The normalized spacial score (nSPS) is 12.8. The van der Waals surface area contributed by atoms with Crippen LogP contribution < -0.4 is 26.6 Å². The maximum atomic E-state index is 12.8. The number of unbranched alkanes of at least 4 members (excludes halogenated alkanes) is 2. The third-order valence-corrected chi connectivity index (χ3v) is 6.11. The molecule has 0 aliphatic carbocycles. The van der Waals surface area contributed by atoms with E-state index in [9.17, 15) is 38.4 Å².